The van der Waals surface area contributed by atoms with Crippen LogP contribution >= 0.6 is 0 Å². The van der Waals surface area contributed by atoms with Crippen LogP contribution in [0.4, 0.5) is 18.9 Å². The van der Waals surface area contributed by atoms with Crippen molar-refractivity contribution in [2.45, 2.75) is 25.1 Å². The van der Waals surface area contributed by atoms with Crippen molar-refractivity contribution in [3.8, 4) is 5.75 Å². The van der Waals surface area contributed by atoms with Crippen LogP contribution < -0.4 is 9.46 Å². The Hall–Kier alpha value is -2.22. The first-order valence-corrected chi connectivity index (χ1v) is 8.02. The van der Waals surface area contributed by atoms with Gasteiger partial charge in [0.2, 0.25) is 0 Å². The summed E-state index contributed by atoms with van der Waals surface area (Å²) in [5.41, 5.74) is 1.08. The van der Waals surface area contributed by atoms with Gasteiger partial charge in [-0.1, -0.05) is 29.8 Å². The van der Waals surface area contributed by atoms with Crippen molar-refractivity contribution in [3.05, 3.63) is 53.6 Å². The number of hydrogen-bond donors (Lipinski definition) is 1. The predicted molar refractivity (Wildman–Crippen MR) is 79.8 cm³/mol. The Morgan fingerprint density at radius 3 is 2.30 bits per heavy atom. The second-order valence-corrected chi connectivity index (χ2v) is 6.57. The number of alkyl halides is 3. The van der Waals surface area contributed by atoms with E-state index in [0.717, 1.165) is 11.6 Å². The normalized spacial score (nSPS) is 12.0. The summed E-state index contributed by atoms with van der Waals surface area (Å²) in [6.07, 6.45) is -4.92. The largest absolute Gasteiger partial charge is 0.573 e. The average Bonchev–Trinajstić information content (AvgIpc) is 2.38. The van der Waals surface area contributed by atoms with Crippen molar-refractivity contribution < 1.29 is 26.3 Å². The van der Waals surface area contributed by atoms with Crippen LogP contribution in [-0.2, 0) is 10.0 Å². The lowest BCUT2D eigenvalue weighted by Crippen LogP contribution is -2.20. The third kappa shape index (κ3) is 4.38. The van der Waals surface area contributed by atoms with E-state index >= 15 is 0 Å². The summed E-state index contributed by atoms with van der Waals surface area (Å²) in [6, 6.07) is 9.64. The van der Waals surface area contributed by atoms with E-state index in [9.17, 15) is 21.6 Å². The molecule has 2 aromatic rings. The number of hydrogen-bond acceptors (Lipinski definition) is 3. The van der Waals surface area contributed by atoms with Crippen molar-refractivity contribution >= 4 is 15.7 Å². The molecule has 0 heterocycles. The average molecular weight is 345 g/mol. The molecule has 124 valence electrons. The van der Waals surface area contributed by atoms with Gasteiger partial charge >= 0.3 is 6.36 Å². The molecule has 0 aliphatic rings. The van der Waals surface area contributed by atoms with Crippen LogP contribution in [-0.4, -0.2) is 14.8 Å². The van der Waals surface area contributed by atoms with Crippen LogP contribution in [0.2, 0.25) is 0 Å². The SMILES string of the molecule is Cc1ccc(S(=O)(=O)Nc2ccccc2OC(F)(F)F)c(C)c1. The van der Waals surface area contributed by atoms with Gasteiger partial charge in [0.1, 0.15) is 0 Å². The molecule has 23 heavy (non-hydrogen) atoms. The molecular formula is C15H14F3NO3S. The quantitative estimate of drug-likeness (QED) is 0.911. The van der Waals surface area contributed by atoms with E-state index in [4.69, 9.17) is 0 Å². The van der Waals surface area contributed by atoms with Crippen LogP contribution in [0.1, 0.15) is 11.1 Å². The zero-order valence-electron chi connectivity index (χ0n) is 12.3. The monoisotopic (exact) mass is 345 g/mol. The number of para-hydroxylation sites is 2. The molecule has 0 unspecified atom stereocenters. The van der Waals surface area contributed by atoms with E-state index in [2.05, 4.69) is 9.46 Å². The summed E-state index contributed by atoms with van der Waals surface area (Å²) in [7, 11) is -4.04. The number of ether oxygens (including phenoxy) is 1. The number of sulfonamides is 1. The van der Waals surface area contributed by atoms with Crippen LogP contribution in [0.3, 0.4) is 0 Å². The maximum atomic E-state index is 12.4. The van der Waals surface area contributed by atoms with E-state index in [0.29, 0.717) is 5.56 Å². The minimum absolute atomic E-state index is 0.00934. The fraction of sp³-hybridized carbons (Fsp3) is 0.200. The minimum Gasteiger partial charge on any atom is -0.404 e. The zero-order valence-corrected chi connectivity index (χ0v) is 13.1. The second-order valence-electron chi connectivity index (χ2n) is 4.92. The standard InChI is InChI=1S/C15H14F3NO3S/c1-10-7-8-14(11(2)9-10)23(20,21)19-12-5-3-4-6-13(12)22-15(16,17)18/h3-9,19H,1-2H3. The Labute approximate surface area is 132 Å². The van der Waals surface area contributed by atoms with E-state index in [1.54, 1.807) is 19.1 Å². The molecule has 0 aliphatic carbocycles. The predicted octanol–water partition coefficient (Wildman–Crippen LogP) is 4.00. The third-order valence-electron chi connectivity index (χ3n) is 2.98. The van der Waals surface area contributed by atoms with Crippen LogP contribution in [0.25, 0.3) is 0 Å². The molecule has 0 fully saturated rings. The number of benzene rings is 2. The van der Waals surface area contributed by atoms with Gasteiger partial charge in [0.05, 0.1) is 10.6 Å². The maximum Gasteiger partial charge on any atom is 0.573 e. The highest BCUT2D eigenvalue weighted by atomic mass is 32.2. The summed E-state index contributed by atoms with van der Waals surface area (Å²) in [5.74, 6) is -0.617. The van der Waals surface area contributed by atoms with Crippen molar-refractivity contribution in [3.63, 3.8) is 0 Å². The molecule has 4 nitrogen and oxygen atoms in total. The number of aryl methyl sites for hydroxylation is 2. The van der Waals surface area contributed by atoms with Gasteiger partial charge in [-0.3, -0.25) is 4.72 Å². The van der Waals surface area contributed by atoms with Gasteiger partial charge in [0.25, 0.3) is 10.0 Å². The van der Waals surface area contributed by atoms with Crippen molar-refractivity contribution in [1.82, 2.24) is 0 Å². The van der Waals surface area contributed by atoms with Crippen LogP contribution in [0, 0.1) is 13.8 Å². The van der Waals surface area contributed by atoms with E-state index in [-0.39, 0.29) is 10.6 Å². The Kier molecular flexibility index (Phi) is 4.56. The first-order chi connectivity index (χ1) is 10.6. The molecule has 0 amide bonds. The van der Waals surface area contributed by atoms with Gasteiger partial charge in [-0.15, -0.1) is 13.2 Å². The van der Waals surface area contributed by atoms with E-state index in [1.165, 1.54) is 24.3 Å². The summed E-state index contributed by atoms with van der Waals surface area (Å²) >= 11 is 0. The lowest BCUT2D eigenvalue weighted by Gasteiger charge is -2.15. The molecule has 0 saturated heterocycles. The van der Waals surface area contributed by atoms with Crippen molar-refractivity contribution in [2.24, 2.45) is 0 Å². The topological polar surface area (TPSA) is 55.4 Å². The van der Waals surface area contributed by atoms with Crippen LogP contribution in [0.5, 0.6) is 5.75 Å². The van der Waals surface area contributed by atoms with Crippen LogP contribution in [0.15, 0.2) is 47.4 Å². The Balaban J connectivity index is 2.38. The van der Waals surface area contributed by atoms with Gasteiger partial charge in [-0.25, -0.2) is 8.42 Å². The highest BCUT2D eigenvalue weighted by Gasteiger charge is 2.32. The molecule has 8 heteroatoms. The van der Waals surface area contributed by atoms with Gasteiger partial charge in [0.15, 0.2) is 5.75 Å². The highest BCUT2D eigenvalue weighted by molar-refractivity contribution is 7.92. The summed E-state index contributed by atoms with van der Waals surface area (Å²) in [5, 5.41) is 0. The number of halogens is 3. The van der Waals surface area contributed by atoms with E-state index < -0.39 is 22.1 Å². The number of anilines is 1. The molecule has 0 saturated carbocycles. The molecule has 0 radical (unpaired) electrons. The van der Waals surface area contributed by atoms with Crippen molar-refractivity contribution in [2.75, 3.05) is 4.72 Å². The fourth-order valence-corrected chi connectivity index (χ4v) is 3.36. The summed E-state index contributed by atoms with van der Waals surface area (Å²) in [6.45, 7) is 3.42. The summed E-state index contributed by atoms with van der Waals surface area (Å²) in [4.78, 5) is -0.00934. The molecule has 0 bridgehead atoms. The minimum atomic E-state index is -4.92. The molecular weight excluding hydrogens is 331 g/mol. The molecule has 0 aromatic heterocycles. The highest BCUT2D eigenvalue weighted by Crippen LogP contribution is 2.31. The maximum absolute atomic E-state index is 12.4. The Morgan fingerprint density at radius 1 is 1.04 bits per heavy atom. The zero-order chi connectivity index (χ0) is 17.3. The third-order valence-corrected chi connectivity index (χ3v) is 4.50. The summed E-state index contributed by atoms with van der Waals surface area (Å²) < 4.78 is 67.9. The van der Waals surface area contributed by atoms with Gasteiger partial charge in [0, 0.05) is 0 Å². The molecule has 0 atom stereocenters. The molecule has 1 N–H and O–H groups in total. The lowest BCUT2D eigenvalue weighted by molar-refractivity contribution is -0.274. The number of nitrogens with one attached hydrogen (secondary N) is 1. The Bertz CT molecular complexity index is 817. The fourth-order valence-electron chi connectivity index (χ4n) is 2.07. The number of rotatable bonds is 4. The molecule has 0 spiro atoms. The molecule has 0 aliphatic heterocycles. The lowest BCUT2D eigenvalue weighted by atomic mass is 10.2. The van der Waals surface area contributed by atoms with Gasteiger partial charge < -0.3 is 4.74 Å². The van der Waals surface area contributed by atoms with Gasteiger partial charge in [-0.2, -0.15) is 0 Å². The Morgan fingerprint density at radius 2 is 1.70 bits per heavy atom. The van der Waals surface area contributed by atoms with Gasteiger partial charge in [-0.05, 0) is 37.6 Å². The van der Waals surface area contributed by atoms with Crippen molar-refractivity contribution in [1.29, 1.82) is 0 Å². The first kappa shape index (κ1) is 17.1. The first-order valence-electron chi connectivity index (χ1n) is 6.53. The molecule has 2 rings (SSSR count). The van der Waals surface area contributed by atoms with E-state index in [1.807, 2.05) is 6.92 Å². The smallest absolute Gasteiger partial charge is 0.404 e. The second kappa shape index (κ2) is 6.11. The molecule has 2 aromatic carbocycles.